The molecule has 2 aromatic rings. The van der Waals surface area contributed by atoms with Crippen LogP contribution in [0.25, 0.3) is 11.1 Å². The van der Waals surface area contributed by atoms with Gasteiger partial charge in [-0.3, -0.25) is 14.8 Å². The molecule has 6 heteroatoms. The SMILES string of the molecule is COc1cccc(-c2cn[nH]c2[C@@H]2CCCN2C(=O)CN2CCCCCC2)c1. The van der Waals surface area contributed by atoms with E-state index in [4.69, 9.17) is 4.74 Å². The summed E-state index contributed by atoms with van der Waals surface area (Å²) in [7, 11) is 1.68. The standard InChI is InChI=1S/C22H30N4O2/c1-28-18-9-6-8-17(14-18)19-15-23-24-22(19)20-10-7-13-26(20)21(27)16-25-11-4-2-3-5-12-25/h6,8-9,14-15,20H,2-5,7,10-13,16H2,1H3,(H,23,24)/t20-/m0/s1. The highest BCUT2D eigenvalue weighted by molar-refractivity contribution is 5.79. The molecule has 2 saturated heterocycles. The van der Waals surface area contributed by atoms with E-state index in [0.29, 0.717) is 6.54 Å². The second kappa shape index (κ2) is 8.78. The number of amides is 1. The number of hydrogen-bond acceptors (Lipinski definition) is 4. The second-order valence-electron chi connectivity index (χ2n) is 7.86. The number of methoxy groups -OCH3 is 1. The van der Waals surface area contributed by atoms with Gasteiger partial charge in [-0.05, 0) is 56.5 Å². The average Bonchev–Trinajstić information content (AvgIpc) is 3.33. The number of aromatic nitrogens is 2. The van der Waals surface area contributed by atoms with Gasteiger partial charge in [0.1, 0.15) is 5.75 Å². The average molecular weight is 383 g/mol. The number of ether oxygens (including phenoxy) is 1. The van der Waals surface area contributed by atoms with Gasteiger partial charge in [0.05, 0.1) is 31.6 Å². The van der Waals surface area contributed by atoms with Crippen molar-refractivity contribution >= 4 is 5.91 Å². The third-order valence-corrected chi connectivity index (χ3v) is 6.01. The van der Waals surface area contributed by atoms with Gasteiger partial charge in [0.25, 0.3) is 0 Å². The smallest absolute Gasteiger partial charge is 0.237 e. The van der Waals surface area contributed by atoms with Gasteiger partial charge in [0, 0.05) is 12.1 Å². The summed E-state index contributed by atoms with van der Waals surface area (Å²) in [5.41, 5.74) is 3.16. The van der Waals surface area contributed by atoms with Gasteiger partial charge >= 0.3 is 0 Å². The first kappa shape index (κ1) is 19.0. The summed E-state index contributed by atoms with van der Waals surface area (Å²) < 4.78 is 5.37. The van der Waals surface area contributed by atoms with Crippen molar-refractivity contribution in [3.05, 3.63) is 36.2 Å². The van der Waals surface area contributed by atoms with Gasteiger partial charge < -0.3 is 9.64 Å². The molecule has 1 aromatic carbocycles. The molecule has 28 heavy (non-hydrogen) atoms. The minimum atomic E-state index is 0.0724. The first-order valence-corrected chi connectivity index (χ1v) is 10.5. The lowest BCUT2D eigenvalue weighted by Gasteiger charge is -2.28. The van der Waals surface area contributed by atoms with Crippen LogP contribution >= 0.6 is 0 Å². The van der Waals surface area contributed by atoms with E-state index in [2.05, 4.69) is 26.1 Å². The van der Waals surface area contributed by atoms with Gasteiger partial charge in [-0.25, -0.2) is 0 Å². The molecule has 0 saturated carbocycles. The molecule has 0 aliphatic carbocycles. The van der Waals surface area contributed by atoms with Gasteiger partial charge in [-0.2, -0.15) is 5.10 Å². The topological polar surface area (TPSA) is 61.5 Å². The molecular weight excluding hydrogens is 352 g/mol. The molecule has 4 rings (SSSR count). The predicted molar refractivity (Wildman–Crippen MR) is 109 cm³/mol. The fraction of sp³-hybridized carbons (Fsp3) is 0.545. The van der Waals surface area contributed by atoms with Crippen molar-refractivity contribution in [1.29, 1.82) is 0 Å². The molecule has 2 fully saturated rings. The zero-order valence-corrected chi connectivity index (χ0v) is 16.7. The number of aromatic amines is 1. The van der Waals surface area contributed by atoms with E-state index in [9.17, 15) is 4.79 Å². The molecule has 3 heterocycles. The van der Waals surface area contributed by atoms with Crippen molar-refractivity contribution in [1.82, 2.24) is 20.0 Å². The van der Waals surface area contributed by atoms with Crippen LogP contribution in [0.1, 0.15) is 50.3 Å². The maximum absolute atomic E-state index is 13.1. The maximum atomic E-state index is 13.1. The fourth-order valence-corrected chi connectivity index (χ4v) is 4.51. The molecule has 1 amide bonds. The predicted octanol–water partition coefficient (Wildman–Crippen LogP) is 3.62. The molecule has 0 unspecified atom stereocenters. The van der Waals surface area contributed by atoms with Gasteiger partial charge in [0.2, 0.25) is 5.91 Å². The van der Waals surface area contributed by atoms with E-state index < -0.39 is 0 Å². The van der Waals surface area contributed by atoms with E-state index >= 15 is 0 Å². The van der Waals surface area contributed by atoms with Crippen LogP contribution in [0.5, 0.6) is 5.75 Å². The van der Waals surface area contributed by atoms with E-state index in [1.165, 1.54) is 25.7 Å². The van der Waals surface area contributed by atoms with E-state index in [-0.39, 0.29) is 11.9 Å². The summed E-state index contributed by atoms with van der Waals surface area (Å²) in [6, 6.07) is 8.09. The number of carbonyl (C=O) groups is 1. The Morgan fingerprint density at radius 2 is 2.00 bits per heavy atom. The van der Waals surface area contributed by atoms with Crippen molar-refractivity contribution in [2.75, 3.05) is 33.3 Å². The molecule has 1 N–H and O–H groups in total. The molecule has 6 nitrogen and oxygen atoms in total. The lowest BCUT2D eigenvalue weighted by molar-refractivity contribution is -0.133. The highest BCUT2D eigenvalue weighted by atomic mass is 16.5. The number of hydrogen-bond donors (Lipinski definition) is 1. The number of likely N-dealkylation sites (tertiary alicyclic amines) is 2. The Balaban J connectivity index is 1.52. The van der Waals surface area contributed by atoms with Crippen LogP contribution in [0, 0.1) is 0 Å². The van der Waals surface area contributed by atoms with Crippen LogP contribution in [-0.4, -0.2) is 59.2 Å². The number of nitrogens with zero attached hydrogens (tertiary/aromatic N) is 3. The minimum Gasteiger partial charge on any atom is -0.497 e. The van der Waals surface area contributed by atoms with Gasteiger partial charge in [-0.15, -0.1) is 0 Å². The maximum Gasteiger partial charge on any atom is 0.237 e. The van der Waals surface area contributed by atoms with Gasteiger partial charge in [-0.1, -0.05) is 25.0 Å². The Hall–Kier alpha value is -2.34. The minimum absolute atomic E-state index is 0.0724. The van der Waals surface area contributed by atoms with Gasteiger partial charge in [0.15, 0.2) is 0 Å². The first-order chi connectivity index (χ1) is 13.8. The molecule has 150 valence electrons. The molecule has 2 aliphatic heterocycles. The number of benzene rings is 1. The summed E-state index contributed by atoms with van der Waals surface area (Å²) in [5.74, 6) is 1.07. The second-order valence-corrected chi connectivity index (χ2v) is 7.86. The third kappa shape index (κ3) is 4.07. The summed E-state index contributed by atoms with van der Waals surface area (Å²) in [6.45, 7) is 3.46. The Morgan fingerprint density at radius 1 is 1.18 bits per heavy atom. The number of nitrogens with one attached hydrogen (secondary N) is 1. The lowest BCUT2D eigenvalue weighted by atomic mass is 10.0. The molecule has 2 aliphatic rings. The van der Waals surface area contributed by atoms with E-state index in [1.807, 2.05) is 24.4 Å². The quantitative estimate of drug-likeness (QED) is 0.858. The highest BCUT2D eigenvalue weighted by Crippen LogP contribution is 2.37. The summed E-state index contributed by atoms with van der Waals surface area (Å²) >= 11 is 0. The number of H-pyrrole nitrogens is 1. The Labute approximate surface area is 166 Å². The highest BCUT2D eigenvalue weighted by Gasteiger charge is 2.33. The number of carbonyl (C=O) groups excluding carboxylic acids is 1. The third-order valence-electron chi connectivity index (χ3n) is 6.01. The summed E-state index contributed by atoms with van der Waals surface area (Å²) in [4.78, 5) is 17.5. The molecule has 0 bridgehead atoms. The van der Waals surface area contributed by atoms with Crippen LogP contribution in [0.3, 0.4) is 0 Å². The zero-order chi connectivity index (χ0) is 19.3. The monoisotopic (exact) mass is 382 g/mol. The first-order valence-electron chi connectivity index (χ1n) is 10.5. The Morgan fingerprint density at radius 3 is 2.79 bits per heavy atom. The molecule has 0 radical (unpaired) electrons. The summed E-state index contributed by atoms with van der Waals surface area (Å²) in [5, 5.41) is 7.49. The van der Waals surface area contributed by atoms with E-state index in [1.54, 1.807) is 7.11 Å². The van der Waals surface area contributed by atoms with Crippen molar-refractivity contribution < 1.29 is 9.53 Å². The Bertz CT molecular complexity index is 795. The summed E-state index contributed by atoms with van der Waals surface area (Å²) in [6.07, 6.45) is 8.86. The van der Waals surface area contributed by atoms with Crippen LogP contribution in [0.15, 0.2) is 30.5 Å². The van der Waals surface area contributed by atoms with Crippen LogP contribution in [-0.2, 0) is 4.79 Å². The van der Waals surface area contributed by atoms with Crippen LogP contribution in [0.4, 0.5) is 0 Å². The van der Waals surface area contributed by atoms with Crippen molar-refractivity contribution in [3.63, 3.8) is 0 Å². The van der Waals surface area contributed by atoms with Crippen molar-refractivity contribution in [2.45, 2.75) is 44.6 Å². The fourth-order valence-electron chi connectivity index (χ4n) is 4.51. The normalized spacial score (nSPS) is 20.9. The molecule has 1 aromatic heterocycles. The molecule has 1 atom stereocenters. The lowest BCUT2D eigenvalue weighted by Crippen LogP contribution is -2.40. The van der Waals surface area contributed by atoms with Crippen LogP contribution in [0.2, 0.25) is 0 Å². The largest absolute Gasteiger partial charge is 0.497 e. The van der Waals surface area contributed by atoms with Crippen LogP contribution < -0.4 is 4.74 Å². The van der Waals surface area contributed by atoms with Crippen molar-refractivity contribution in [2.24, 2.45) is 0 Å². The molecular formula is C22H30N4O2. The molecule has 0 spiro atoms. The number of rotatable bonds is 5. The van der Waals surface area contributed by atoms with Crippen molar-refractivity contribution in [3.8, 4) is 16.9 Å². The van der Waals surface area contributed by atoms with E-state index in [0.717, 1.165) is 55.0 Å². The Kier molecular flexibility index (Phi) is 5.95. The zero-order valence-electron chi connectivity index (χ0n) is 16.7.